The Kier molecular flexibility index (Phi) is 4.78. The molecule has 1 N–H and O–H groups in total. The lowest BCUT2D eigenvalue weighted by Crippen LogP contribution is -2.34. The largest absolute Gasteiger partial charge is 0.289 e. The van der Waals surface area contributed by atoms with Crippen molar-refractivity contribution in [2.24, 2.45) is 0 Å². The second-order valence-electron chi connectivity index (χ2n) is 6.76. The number of aromatic nitrogens is 4. The van der Waals surface area contributed by atoms with Gasteiger partial charge in [0.1, 0.15) is 4.90 Å². The number of hydrogen-bond acceptors (Lipinski definition) is 5. The summed E-state index contributed by atoms with van der Waals surface area (Å²) in [5.74, 6) is 0. The van der Waals surface area contributed by atoms with Crippen molar-refractivity contribution in [2.75, 3.05) is 12.8 Å². The van der Waals surface area contributed by atoms with E-state index in [4.69, 9.17) is 0 Å². The molecule has 3 heterocycles. The average molecular weight is 351 g/mol. The lowest BCUT2D eigenvalue weighted by atomic mass is 9.99. The van der Waals surface area contributed by atoms with Crippen molar-refractivity contribution in [3.8, 4) is 0 Å². The summed E-state index contributed by atoms with van der Waals surface area (Å²) in [7, 11) is -3.28. The van der Waals surface area contributed by atoms with E-state index in [1.807, 2.05) is 16.9 Å². The molecule has 1 saturated heterocycles. The van der Waals surface area contributed by atoms with Crippen LogP contribution in [0.4, 0.5) is 0 Å². The first-order valence-corrected chi connectivity index (χ1v) is 10.3. The first kappa shape index (κ1) is 17.2. The number of H-pyrrole nitrogens is 1. The molecule has 1 fully saturated rings. The van der Waals surface area contributed by atoms with Gasteiger partial charge in [0.25, 0.3) is 0 Å². The number of nitrogens with zero attached hydrogens (tertiary/aromatic N) is 4. The van der Waals surface area contributed by atoms with Crippen LogP contribution >= 0.6 is 0 Å². The summed E-state index contributed by atoms with van der Waals surface area (Å²) < 4.78 is 26.1. The molecular weight excluding hydrogens is 326 g/mol. The lowest BCUT2D eigenvalue weighted by Gasteiger charge is -2.35. The number of likely N-dealkylation sites (tertiary alicyclic amines) is 1. The minimum absolute atomic E-state index is 0.0430. The van der Waals surface area contributed by atoms with E-state index < -0.39 is 9.84 Å². The summed E-state index contributed by atoms with van der Waals surface area (Å²) >= 11 is 0. The topological polar surface area (TPSA) is 83.9 Å². The molecule has 0 spiro atoms. The van der Waals surface area contributed by atoms with E-state index in [-0.39, 0.29) is 6.04 Å². The zero-order valence-corrected chi connectivity index (χ0v) is 15.3. The second-order valence-corrected chi connectivity index (χ2v) is 8.75. The number of hydrogen-bond donors (Lipinski definition) is 1. The van der Waals surface area contributed by atoms with E-state index in [0.29, 0.717) is 16.6 Å². The van der Waals surface area contributed by atoms with Crippen molar-refractivity contribution in [3.05, 3.63) is 29.8 Å². The molecule has 24 heavy (non-hydrogen) atoms. The van der Waals surface area contributed by atoms with Crippen LogP contribution in [0.5, 0.6) is 0 Å². The fourth-order valence-corrected chi connectivity index (χ4v) is 4.29. The molecule has 2 aromatic heterocycles. The van der Waals surface area contributed by atoms with Crippen LogP contribution in [0.25, 0.3) is 0 Å². The second kappa shape index (κ2) is 6.68. The van der Waals surface area contributed by atoms with Gasteiger partial charge in [-0.2, -0.15) is 10.2 Å². The van der Waals surface area contributed by atoms with Crippen LogP contribution in [0.3, 0.4) is 0 Å². The zero-order chi connectivity index (χ0) is 17.3. The van der Waals surface area contributed by atoms with E-state index in [1.165, 1.54) is 12.5 Å². The highest BCUT2D eigenvalue weighted by Gasteiger charge is 2.30. The van der Waals surface area contributed by atoms with Gasteiger partial charge >= 0.3 is 0 Å². The minimum atomic E-state index is -3.28. The zero-order valence-electron chi connectivity index (χ0n) is 14.4. The predicted octanol–water partition coefficient (Wildman–Crippen LogP) is 2.32. The summed E-state index contributed by atoms with van der Waals surface area (Å²) in [4.78, 5) is 2.65. The molecule has 1 atom stereocenters. The van der Waals surface area contributed by atoms with Gasteiger partial charge in [0.05, 0.1) is 23.6 Å². The number of rotatable bonds is 5. The van der Waals surface area contributed by atoms with Crippen molar-refractivity contribution in [1.29, 1.82) is 0 Å². The van der Waals surface area contributed by atoms with Crippen LogP contribution in [0, 0.1) is 0 Å². The van der Waals surface area contributed by atoms with Gasteiger partial charge in [-0.15, -0.1) is 0 Å². The molecule has 0 aliphatic carbocycles. The summed E-state index contributed by atoms with van der Waals surface area (Å²) in [5, 5.41) is 11.3. The number of sulfone groups is 1. The van der Waals surface area contributed by atoms with E-state index in [9.17, 15) is 8.42 Å². The molecule has 0 aromatic carbocycles. The third-order valence-corrected chi connectivity index (χ3v) is 5.71. The predicted molar refractivity (Wildman–Crippen MR) is 91.3 cm³/mol. The van der Waals surface area contributed by atoms with Crippen LogP contribution in [0.15, 0.2) is 23.4 Å². The van der Waals surface area contributed by atoms with Crippen molar-refractivity contribution in [2.45, 2.75) is 56.6 Å². The molecule has 8 heteroatoms. The Morgan fingerprint density at radius 3 is 2.88 bits per heavy atom. The Bertz CT molecular complexity index is 793. The maximum atomic E-state index is 12.0. The van der Waals surface area contributed by atoms with E-state index in [2.05, 4.69) is 34.0 Å². The van der Waals surface area contributed by atoms with Gasteiger partial charge in [0, 0.05) is 25.0 Å². The monoisotopic (exact) mass is 351 g/mol. The molecule has 0 unspecified atom stereocenters. The quantitative estimate of drug-likeness (QED) is 0.894. The van der Waals surface area contributed by atoms with Crippen LogP contribution in [-0.2, 0) is 16.4 Å². The fraction of sp³-hybridized carbons (Fsp3) is 0.625. The van der Waals surface area contributed by atoms with Gasteiger partial charge in [-0.25, -0.2) is 8.42 Å². The summed E-state index contributed by atoms with van der Waals surface area (Å²) in [5.41, 5.74) is 1.87. The Balaban J connectivity index is 1.90. The first-order valence-electron chi connectivity index (χ1n) is 8.37. The van der Waals surface area contributed by atoms with Gasteiger partial charge in [0.15, 0.2) is 9.84 Å². The van der Waals surface area contributed by atoms with E-state index >= 15 is 0 Å². The van der Waals surface area contributed by atoms with Crippen LogP contribution in [0.2, 0.25) is 0 Å². The highest BCUT2D eigenvalue weighted by atomic mass is 32.2. The molecule has 7 nitrogen and oxygen atoms in total. The number of piperidine rings is 1. The SMILES string of the molecule is CC(C)n1nccc1CN1CCCC[C@@H]1c1[nH]ncc1S(C)(=O)=O. The van der Waals surface area contributed by atoms with Gasteiger partial charge in [-0.05, 0) is 39.3 Å². The molecule has 0 bridgehead atoms. The lowest BCUT2D eigenvalue weighted by molar-refractivity contribution is 0.130. The van der Waals surface area contributed by atoms with Crippen molar-refractivity contribution >= 4 is 9.84 Å². The molecule has 0 radical (unpaired) electrons. The average Bonchev–Trinajstić information content (AvgIpc) is 3.15. The number of nitrogens with one attached hydrogen (secondary N) is 1. The molecule has 3 rings (SSSR count). The van der Waals surface area contributed by atoms with Gasteiger partial charge in [-0.1, -0.05) is 6.42 Å². The minimum Gasteiger partial charge on any atom is -0.289 e. The van der Waals surface area contributed by atoms with Crippen molar-refractivity contribution < 1.29 is 8.42 Å². The molecular formula is C16H25N5O2S. The van der Waals surface area contributed by atoms with Gasteiger partial charge in [-0.3, -0.25) is 14.7 Å². The Morgan fingerprint density at radius 2 is 2.17 bits per heavy atom. The van der Waals surface area contributed by atoms with Crippen LogP contribution in [-0.4, -0.2) is 46.1 Å². The van der Waals surface area contributed by atoms with Gasteiger partial charge < -0.3 is 0 Å². The van der Waals surface area contributed by atoms with E-state index in [0.717, 1.165) is 38.0 Å². The van der Waals surface area contributed by atoms with Crippen LogP contribution < -0.4 is 0 Å². The Morgan fingerprint density at radius 1 is 1.38 bits per heavy atom. The summed E-state index contributed by atoms with van der Waals surface area (Å²) in [6.45, 7) is 5.92. The summed E-state index contributed by atoms with van der Waals surface area (Å²) in [6, 6.07) is 2.38. The molecule has 0 amide bonds. The highest BCUT2D eigenvalue weighted by molar-refractivity contribution is 7.90. The third-order valence-electron chi connectivity index (χ3n) is 4.59. The number of aromatic amines is 1. The first-order chi connectivity index (χ1) is 11.4. The Labute approximate surface area is 143 Å². The normalized spacial score (nSPS) is 19.9. The van der Waals surface area contributed by atoms with Crippen molar-refractivity contribution in [3.63, 3.8) is 0 Å². The smallest absolute Gasteiger partial charge is 0.178 e. The van der Waals surface area contributed by atoms with Gasteiger partial charge in [0.2, 0.25) is 0 Å². The Hall–Kier alpha value is -1.67. The standard InChI is InChI=1S/C16H25N5O2S/c1-12(2)21-13(7-8-18-21)11-20-9-5-4-6-14(20)16-15(10-17-19-16)24(3,22)23/h7-8,10,12,14H,4-6,9,11H2,1-3H3,(H,17,19)/t14-/m1/s1. The molecule has 1 aliphatic rings. The fourth-order valence-electron chi connectivity index (χ4n) is 3.47. The molecule has 2 aromatic rings. The van der Waals surface area contributed by atoms with Crippen molar-refractivity contribution in [1.82, 2.24) is 24.9 Å². The maximum absolute atomic E-state index is 12.0. The summed E-state index contributed by atoms with van der Waals surface area (Å²) in [6.07, 6.45) is 7.63. The molecule has 132 valence electrons. The third kappa shape index (κ3) is 3.39. The van der Waals surface area contributed by atoms with Crippen LogP contribution in [0.1, 0.15) is 56.6 Å². The molecule has 0 saturated carbocycles. The van der Waals surface area contributed by atoms with E-state index in [1.54, 1.807) is 0 Å². The molecule has 1 aliphatic heterocycles. The highest BCUT2D eigenvalue weighted by Crippen LogP contribution is 2.34. The maximum Gasteiger partial charge on any atom is 0.178 e.